The molecule has 1 N–H and O–H groups in total. The molecule has 0 spiro atoms. The first kappa shape index (κ1) is 15.1. The van der Waals surface area contributed by atoms with Crippen LogP contribution in [-0.4, -0.2) is 21.1 Å². The second-order valence-corrected chi connectivity index (χ2v) is 6.21. The van der Waals surface area contributed by atoms with Crippen LogP contribution in [0.5, 0.6) is 0 Å². The van der Waals surface area contributed by atoms with Crippen LogP contribution in [0.3, 0.4) is 0 Å². The number of hydrogen-bond donors (Lipinski definition) is 1. The molecule has 1 aromatic heterocycles. The molecule has 0 bridgehead atoms. The van der Waals surface area contributed by atoms with Gasteiger partial charge in [0, 0.05) is 15.1 Å². The lowest BCUT2D eigenvalue weighted by Gasteiger charge is -2.01. The summed E-state index contributed by atoms with van der Waals surface area (Å²) in [5.74, 6) is 0.650. The molecular formula is C15H10BrClN4S. The summed E-state index contributed by atoms with van der Waals surface area (Å²) >= 11 is 14.6. The van der Waals surface area contributed by atoms with E-state index in [1.165, 1.54) is 0 Å². The van der Waals surface area contributed by atoms with Crippen LogP contribution in [0.4, 0.5) is 0 Å². The van der Waals surface area contributed by atoms with E-state index >= 15 is 0 Å². The van der Waals surface area contributed by atoms with E-state index in [0.29, 0.717) is 15.6 Å². The number of aromatic nitrogens is 3. The Labute approximate surface area is 145 Å². The zero-order valence-electron chi connectivity index (χ0n) is 11.2. The lowest BCUT2D eigenvalue weighted by molar-refractivity contribution is 0.871. The molecule has 0 saturated carbocycles. The molecule has 1 heterocycles. The van der Waals surface area contributed by atoms with Crippen molar-refractivity contribution in [2.24, 2.45) is 5.10 Å². The summed E-state index contributed by atoms with van der Waals surface area (Å²) < 4.78 is 2.98. The van der Waals surface area contributed by atoms with Crippen molar-refractivity contribution in [3.05, 3.63) is 68.4 Å². The number of halogens is 2. The van der Waals surface area contributed by atoms with Crippen molar-refractivity contribution in [2.75, 3.05) is 0 Å². The third-order valence-corrected chi connectivity index (χ3v) is 3.93. The maximum atomic E-state index is 5.87. The molecule has 7 heteroatoms. The Morgan fingerprint density at radius 2 is 2.00 bits per heavy atom. The van der Waals surface area contributed by atoms with E-state index in [-0.39, 0.29) is 0 Å². The van der Waals surface area contributed by atoms with Crippen LogP contribution in [0, 0.1) is 4.77 Å². The van der Waals surface area contributed by atoms with E-state index in [1.54, 1.807) is 10.9 Å². The highest BCUT2D eigenvalue weighted by atomic mass is 79.9. The Hall–Kier alpha value is -1.76. The molecule has 3 rings (SSSR count). The van der Waals surface area contributed by atoms with Crippen molar-refractivity contribution < 1.29 is 0 Å². The molecule has 0 aliphatic carbocycles. The van der Waals surface area contributed by atoms with E-state index in [9.17, 15) is 0 Å². The van der Waals surface area contributed by atoms with Crippen LogP contribution in [0.15, 0.2) is 58.1 Å². The molecule has 0 saturated heterocycles. The van der Waals surface area contributed by atoms with Gasteiger partial charge in [0.15, 0.2) is 5.82 Å². The number of hydrogen-bond acceptors (Lipinski definition) is 3. The highest BCUT2D eigenvalue weighted by Gasteiger charge is 2.08. The van der Waals surface area contributed by atoms with Crippen molar-refractivity contribution in [1.29, 1.82) is 0 Å². The van der Waals surface area contributed by atoms with E-state index in [4.69, 9.17) is 23.8 Å². The quantitative estimate of drug-likeness (QED) is 0.508. The zero-order valence-corrected chi connectivity index (χ0v) is 14.4. The van der Waals surface area contributed by atoms with E-state index in [0.717, 1.165) is 15.6 Å². The van der Waals surface area contributed by atoms with Gasteiger partial charge in [-0.15, -0.1) is 0 Å². The van der Waals surface area contributed by atoms with E-state index in [1.807, 2.05) is 48.5 Å². The zero-order chi connectivity index (χ0) is 15.5. The first-order chi connectivity index (χ1) is 10.6. The van der Waals surface area contributed by atoms with Crippen molar-refractivity contribution in [3.63, 3.8) is 0 Å². The number of benzene rings is 2. The van der Waals surface area contributed by atoms with Gasteiger partial charge in [-0.1, -0.05) is 51.8 Å². The molecule has 22 heavy (non-hydrogen) atoms. The van der Waals surface area contributed by atoms with Gasteiger partial charge in [0.2, 0.25) is 4.77 Å². The monoisotopic (exact) mass is 392 g/mol. The first-order valence-corrected chi connectivity index (χ1v) is 7.95. The van der Waals surface area contributed by atoms with Gasteiger partial charge < -0.3 is 0 Å². The molecule has 0 fully saturated rings. The molecule has 0 radical (unpaired) electrons. The molecule has 0 unspecified atom stereocenters. The lowest BCUT2D eigenvalue weighted by Crippen LogP contribution is -1.95. The summed E-state index contributed by atoms with van der Waals surface area (Å²) in [6, 6.07) is 15.2. The Kier molecular flexibility index (Phi) is 4.52. The summed E-state index contributed by atoms with van der Waals surface area (Å²) in [7, 11) is 0. The van der Waals surface area contributed by atoms with Crippen LogP contribution >= 0.6 is 39.7 Å². The standard InChI is InChI=1S/C15H10BrClN4S/c16-12-3-1-2-11(8-12)14-19-20-15(22)21(14)18-9-10-4-6-13(17)7-5-10/h1-9H,(H,20,22)/b18-9+. The SMILES string of the molecule is S=c1[nH]nc(-c2cccc(Br)c2)n1/N=C/c1ccc(Cl)cc1. The van der Waals surface area contributed by atoms with Crippen molar-refractivity contribution >= 4 is 46.0 Å². The minimum absolute atomic E-state index is 0.431. The van der Waals surface area contributed by atoms with Crippen LogP contribution in [0.25, 0.3) is 11.4 Å². The van der Waals surface area contributed by atoms with Crippen molar-refractivity contribution in [1.82, 2.24) is 14.9 Å². The van der Waals surface area contributed by atoms with E-state index in [2.05, 4.69) is 31.2 Å². The van der Waals surface area contributed by atoms with Gasteiger partial charge in [-0.2, -0.15) is 14.9 Å². The van der Waals surface area contributed by atoms with Crippen molar-refractivity contribution in [3.8, 4) is 11.4 Å². The van der Waals surface area contributed by atoms with Crippen LogP contribution < -0.4 is 0 Å². The fourth-order valence-corrected chi connectivity index (χ4v) is 2.59. The van der Waals surface area contributed by atoms with Gasteiger partial charge in [-0.05, 0) is 42.0 Å². The summed E-state index contributed by atoms with van der Waals surface area (Å²) in [5.41, 5.74) is 1.84. The molecule has 0 aliphatic heterocycles. The van der Waals surface area contributed by atoms with Crippen molar-refractivity contribution in [2.45, 2.75) is 0 Å². The summed E-state index contributed by atoms with van der Waals surface area (Å²) in [5, 5.41) is 12.1. The number of H-pyrrole nitrogens is 1. The van der Waals surface area contributed by atoms with Gasteiger partial charge in [0.05, 0.1) is 6.21 Å². The molecule has 110 valence electrons. The average molecular weight is 394 g/mol. The number of aromatic amines is 1. The van der Waals surface area contributed by atoms with Crippen LogP contribution in [0.2, 0.25) is 5.02 Å². The molecule has 0 amide bonds. The molecule has 2 aromatic carbocycles. The average Bonchev–Trinajstić information content (AvgIpc) is 2.88. The number of rotatable bonds is 3. The third-order valence-electron chi connectivity index (χ3n) is 2.93. The minimum atomic E-state index is 0.431. The predicted molar refractivity (Wildman–Crippen MR) is 95.0 cm³/mol. The Morgan fingerprint density at radius 3 is 2.73 bits per heavy atom. The topological polar surface area (TPSA) is 46.0 Å². The van der Waals surface area contributed by atoms with Gasteiger partial charge in [-0.3, -0.25) is 0 Å². The Morgan fingerprint density at radius 1 is 1.23 bits per heavy atom. The molecule has 4 nitrogen and oxygen atoms in total. The van der Waals surface area contributed by atoms with Crippen LogP contribution in [-0.2, 0) is 0 Å². The predicted octanol–water partition coefficient (Wildman–Crippen LogP) is 4.91. The summed E-state index contributed by atoms with van der Waals surface area (Å²) in [6.07, 6.45) is 1.71. The second kappa shape index (κ2) is 6.56. The maximum absolute atomic E-state index is 5.87. The largest absolute Gasteiger partial charge is 0.250 e. The molecule has 0 aliphatic rings. The van der Waals surface area contributed by atoms with Gasteiger partial charge in [-0.25, -0.2) is 5.10 Å². The van der Waals surface area contributed by atoms with Gasteiger partial charge in [0.1, 0.15) is 0 Å². The fourth-order valence-electron chi connectivity index (χ4n) is 1.89. The van der Waals surface area contributed by atoms with E-state index < -0.39 is 0 Å². The maximum Gasteiger partial charge on any atom is 0.216 e. The third kappa shape index (κ3) is 3.35. The van der Waals surface area contributed by atoms with Gasteiger partial charge >= 0.3 is 0 Å². The normalized spacial score (nSPS) is 11.2. The number of nitrogens with zero attached hydrogens (tertiary/aromatic N) is 3. The highest BCUT2D eigenvalue weighted by molar-refractivity contribution is 9.10. The fraction of sp³-hybridized carbons (Fsp3) is 0. The number of nitrogens with one attached hydrogen (secondary N) is 1. The van der Waals surface area contributed by atoms with Gasteiger partial charge in [0.25, 0.3) is 0 Å². The Balaban J connectivity index is 1.99. The summed E-state index contributed by atoms with van der Waals surface area (Å²) in [4.78, 5) is 0. The minimum Gasteiger partial charge on any atom is -0.250 e. The lowest BCUT2D eigenvalue weighted by atomic mass is 10.2. The van der Waals surface area contributed by atoms with Crippen LogP contribution in [0.1, 0.15) is 5.56 Å². The highest BCUT2D eigenvalue weighted by Crippen LogP contribution is 2.21. The molecule has 3 aromatic rings. The molecular weight excluding hydrogens is 384 g/mol. The smallest absolute Gasteiger partial charge is 0.216 e. The second-order valence-electron chi connectivity index (χ2n) is 4.47. The Bertz CT molecular complexity index is 883. The molecule has 0 atom stereocenters. The first-order valence-electron chi connectivity index (χ1n) is 6.37. The summed E-state index contributed by atoms with van der Waals surface area (Å²) in [6.45, 7) is 0.